The predicted molar refractivity (Wildman–Crippen MR) is 112 cm³/mol. The van der Waals surface area contributed by atoms with E-state index in [1.807, 2.05) is 31.3 Å². The SMILES string of the molecule is C=Cc1ccc(C2(O)COC2)cc1.CN1CCN(c2ccc(C(F)(F)F)cc2)CC1. The van der Waals surface area contributed by atoms with E-state index in [0.29, 0.717) is 13.2 Å². The summed E-state index contributed by atoms with van der Waals surface area (Å²) < 4.78 is 42.2. The molecule has 4 nitrogen and oxygen atoms in total. The van der Waals surface area contributed by atoms with Crippen molar-refractivity contribution in [2.45, 2.75) is 11.8 Å². The number of anilines is 1. The molecule has 2 aliphatic rings. The van der Waals surface area contributed by atoms with Gasteiger partial charge in [0.2, 0.25) is 0 Å². The molecular formula is C23H27F3N2O2. The van der Waals surface area contributed by atoms with Gasteiger partial charge in [0.15, 0.2) is 0 Å². The van der Waals surface area contributed by atoms with Crippen molar-refractivity contribution in [3.63, 3.8) is 0 Å². The lowest BCUT2D eigenvalue weighted by atomic mass is 9.91. The number of rotatable bonds is 3. The molecular weight excluding hydrogens is 393 g/mol. The van der Waals surface area contributed by atoms with Gasteiger partial charge in [0.1, 0.15) is 5.60 Å². The molecule has 0 aromatic heterocycles. The van der Waals surface area contributed by atoms with Crippen molar-refractivity contribution < 1.29 is 23.0 Å². The molecule has 2 fully saturated rings. The van der Waals surface area contributed by atoms with Gasteiger partial charge >= 0.3 is 6.18 Å². The monoisotopic (exact) mass is 420 g/mol. The highest BCUT2D eigenvalue weighted by Crippen LogP contribution is 2.31. The van der Waals surface area contributed by atoms with Gasteiger partial charge in [-0.05, 0) is 42.4 Å². The first-order valence-electron chi connectivity index (χ1n) is 9.85. The van der Waals surface area contributed by atoms with Crippen LogP contribution in [0.2, 0.25) is 0 Å². The van der Waals surface area contributed by atoms with E-state index in [2.05, 4.69) is 16.4 Å². The Morgan fingerprint density at radius 3 is 1.97 bits per heavy atom. The van der Waals surface area contributed by atoms with E-state index < -0.39 is 17.3 Å². The number of likely N-dealkylation sites (N-methyl/N-ethyl adjacent to an activating group) is 1. The summed E-state index contributed by atoms with van der Waals surface area (Å²) in [5.74, 6) is 0. The Morgan fingerprint density at radius 1 is 0.967 bits per heavy atom. The van der Waals surface area contributed by atoms with Gasteiger partial charge in [-0.2, -0.15) is 13.2 Å². The molecule has 2 saturated heterocycles. The Kier molecular flexibility index (Phi) is 6.85. The van der Waals surface area contributed by atoms with Gasteiger partial charge in [-0.1, -0.05) is 36.9 Å². The minimum Gasteiger partial charge on any atom is -0.380 e. The van der Waals surface area contributed by atoms with E-state index in [1.165, 1.54) is 0 Å². The number of alkyl halides is 3. The van der Waals surface area contributed by atoms with Crippen LogP contribution < -0.4 is 4.90 Å². The number of piperazine rings is 1. The maximum Gasteiger partial charge on any atom is 0.416 e. The normalized spacial score (nSPS) is 18.8. The molecule has 0 spiro atoms. The maximum absolute atomic E-state index is 12.4. The van der Waals surface area contributed by atoms with Gasteiger partial charge in [0.05, 0.1) is 18.8 Å². The Balaban J connectivity index is 0.000000177. The molecule has 0 saturated carbocycles. The highest BCUT2D eigenvalue weighted by Gasteiger charge is 2.37. The number of aliphatic hydroxyl groups is 1. The Morgan fingerprint density at radius 2 is 1.53 bits per heavy atom. The second kappa shape index (κ2) is 9.20. The van der Waals surface area contributed by atoms with E-state index in [4.69, 9.17) is 4.74 Å². The molecule has 2 aromatic carbocycles. The van der Waals surface area contributed by atoms with Gasteiger partial charge in [-0.15, -0.1) is 0 Å². The maximum atomic E-state index is 12.4. The fourth-order valence-corrected chi connectivity index (χ4v) is 3.32. The van der Waals surface area contributed by atoms with Crippen LogP contribution in [0.3, 0.4) is 0 Å². The van der Waals surface area contributed by atoms with Gasteiger partial charge < -0.3 is 19.6 Å². The van der Waals surface area contributed by atoms with Gasteiger partial charge in [0, 0.05) is 31.9 Å². The number of hydrogen-bond acceptors (Lipinski definition) is 4. The van der Waals surface area contributed by atoms with Crippen LogP contribution in [0.4, 0.5) is 18.9 Å². The minimum atomic E-state index is -4.25. The summed E-state index contributed by atoms with van der Waals surface area (Å²) in [5, 5.41) is 9.89. The third kappa shape index (κ3) is 5.41. The zero-order valence-corrected chi connectivity index (χ0v) is 17.0. The van der Waals surface area contributed by atoms with E-state index >= 15 is 0 Å². The Bertz CT molecular complexity index is 823. The third-order valence-corrected chi connectivity index (χ3v) is 5.43. The summed E-state index contributed by atoms with van der Waals surface area (Å²) in [5.41, 5.74) is 1.51. The molecule has 2 aliphatic heterocycles. The number of ether oxygens (including phenoxy) is 1. The molecule has 7 heteroatoms. The Hall–Kier alpha value is -2.35. The standard InChI is InChI=1S/C12H15F3N2.C11H12O2/c1-16-6-8-17(9-7-16)11-4-2-10(3-5-11)12(13,14)15;1-2-9-3-5-10(6-4-9)11(12)7-13-8-11/h2-5H,6-9H2,1H3;2-6,12H,1,7-8H2. The fourth-order valence-electron chi connectivity index (χ4n) is 3.32. The number of benzene rings is 2. The quantitative estimate of drug-likeness (QED) is 0.814. The first kappa shape index (κ1) is 22.3. The van der Waals surface area contributed by atoms with Crippen molar-refractivity contribution >= 4 is 11.8 Å². The summed E-state index contributed by atoms with van der Waals surface area (Å²) in [4.78, 5) is 4.32. The first-order chi connectivity index (χ1) is 14.2. The predicted octanol–water partition coefficient (Wildman–Crippen LogP) is 4.00. The molecule has 30 heavy (non-hydrogen) atoms. The van der Waals surface area contributed by atoms with Crippen LogP contribution in [0.15, 0.2) is 55.1 Å². The molecule has 2 aromatic rings. The van der Waals surface area contributed by atoms with Crippen LogP contribution in [0.1, 0.15) is 16.7 Å². The average molecular weight is 420 g/mol. The molecule has 0 atom stereocenters. The lowest BCUT2D eigenvalue weighted by molar-refractivity contribution is -0.184. The molecule has 0 aliphatic carbocycles. The summed E-state index contributed by atoms with van der Waals surface area (Å²) in [7, 11) is 2.05. The van der Waals surface area contributed by atoms with Crippen LogP contribution >= 0.6 is 0 Å². The van der Waals surface area contributed by atoms with Crippen LogP contribution in [0, 0.1) is 0 Å². The highest BCUT2D eigenvalue weighted by atomic mass is 19.4. The second-order valence-electron chi connectivity index (χ2n) is 7.69. The number of nitrogens with zero attached hydrogens (tertiary/aromatic N) is 2. The molecule has 4 rings (SSSR count). The third-order valence-electron chi connectivity index (χ3n) is 5.43. The first-order valence-corrected chi connectivity index (χ1v) is 9.85. The van der Waals surface area contributed by atoms with Crippen molar-refractivity contribution in [3.8, 4) is 0 Å². The zero-order chi connectivity index (χ0) is 21.8. The number of halogens is 3. The molecule has 0 amide bonds. The minimum absolute atomic E-state index is 0.403. The van der Waals surface area contributed by atoms with E-state index in [1.54, 1.807) is 18.2 Å². The average Bonchev–Trinajstić information content (AvgIpc) is 2.73. The van der Waals surface area contributed by atoms with Crippen molar-refractivity contribution in [1.82, 2.24) is 4.90 Å². The molecule has 0 unspecified atom stereocenters. The smallest absolute Gasteiger partial charge is 0.380 e. The van der Waals surface area contributed by atoms with Gasteiger partial charge in [-0.3, -0.25) is 0 Å². The molecule has 1 N–H and O–H groups in total. The van der Waals surface area contributed by atoms with Gasteiger partial charge in [0.25, 0.3) is 0 Å². The Labute approximate surface area is 175 Å². The zero-order valence-electron chi connectivity index (χ0n) is 17.0. The van der Waals surface area contributed by atoms with Gasteiger partial charge in [-0.25, -0.2) is 0 Å². The largest absolute Gasteiger partial charge is 0.416 e. The molecule has 0 bridgehead atoms. The van der Waals surface area contributed by atoms with Crippen LogP contribution in [-0.4, -0.2) is 56.4 Å². The van der Waals surface area contributed by atoms with Crippen molar-refractivity contribution in [2.75, 3.05) is 51.3 Å². The lowest BCUT2D eigenvalue weighted by Gasteiger charge is -2.36. The van der Waals surface area contributed by atoms with Crippen LogP contribution in [0.25, 0.3) is 6.08 Å². The molecule has 162 valence electrons. The van der Waals surface area contributed by atoms with E-state index in [-0.39, 0.29) is 0 Å². The lowest BCUT2D eigenvalue weighted by Crippen LogP contribution is -2.46. The molecule has 0 radical (unpaired) electrons. The van der Waals surface area contributed by atoms with Crippen molar-refractivity contribution in [2.24, 2.45) is 0 Å². The van der Waals surface area contributed by atoms with E-state index in [0.717, 1.165) is 55.1 Å². The topological polar surface area (TPSA) is 35.9 Å². The number of hydrogen-bond donors (Lipinski definition) is 1. The van der Waals surface area contributed by atoms with Crippen molar-refractivity contribution in [3.05, 3.63) is 71.8 Å². The summed E-state index contributed by atoms with van der Waals surface area (Å²) in [6.45, 7) is 8.09. The van der Waals surface area contributed by atoms with Crippen LogP contribution in [-0.2, 0) is 16.5 Å². The van der Waals surface area contributed by atoms with E-state index in [9.17, 15) is 18.3 Å². The van der Waals surface area contributed by atoms with Crippen LogP contribution in [0.5, 0.6) is 0 Å². The fraction of sp³-hybridized carbons (Fsp3) is 0.391. The summed E-state index contributed by atoms with van der Waals surface area (Å²) in [6.07, 6.45) is -2.47. The second-order valence-corrected chi connectivity index (χ2v) is 7.69. The summed E-state index contributed by atoms with van der Waals surface area (Å²) >= 11 is 0. The summed E-state index contributed by atoms with van der Waals surface area (Å²) in [6, 6.07) is 13.1. The highest BCUT2D eigenvalue weighted by molar-refractivity contribution is 5.49. The van der Waals surface area contributed by atoms with Crippen molar-refractivity contribution in [1.29, 1.82) is 0 Å². The molecule has 2 heterocycles.